The zero-order valence-corrected chi connectivity index (χ0v) is 41.4. The minimum Gasteiger partial charge on any atom is -0.457 e. The van der Waals surface area contributed by atoms with Crippen LogP contribution in [-0.2, 0) is 21.7 Å². The van der Waals surface area contributed by atoms with Gasteiger partial charge in [0.05, 0.1) is 39.1 Å². The van der Waals surface area contributed by atoms with E-state index in [1.54, 1.807) is 6.20 Å². The van der Waals surface area contributed by atoms with Crippen LogP contribution in [0.1, 0.15) is 115 Å². The van der Waals surface area contributed by atoms with Gasteiger partial charge < -0.3 is 14.5 Å². The van der Waals surface area contributed by atoms with Crippen LogP contribution < -0.4 is 14.5 Å². The summed E-state index contributed by atoms with van der Waals surface area (Å²) in [7, 11) is 0. The molecule has 11 rings (SSSR count). The van der Waals surface area contributed by atoms with Gasteiger partial charge in [0.25, 0.3) is 0 Å². The molecule has 0 radical (unpaired) electrons. The van der Waals surface area contributed by atoms with Crippen LogP contribution in [-0.4, -0.2) is 16.2 Å². The Morgan fingerprint density at radius 2 is 1.26 bits per heavy atom. The number of benzene rings is 7. The molecule has 9 aromatic rings. The quantitative estimate of drug-likeness (QED) is 0.160. The molecule has 2 aromatic heterocycles. The lowest BCUT2D eigenvalue weighted by atomic mass is 9.63. The normalized spacial score (nSPS) is 17.0. The molecular formula is C64H64N4O. The summed E-state index contributed by atoms with van der Waals surface area (Å²) in [6, 6.07) is 37.3. The molecule has 0 unspecified atom stereocenters. The number of pyridine rings is 1. The number of aromatic nitrogens is 2. The van der Waals surface area contributed by atoms with Crippen LogP contribution in [0.25, 0.3) is 49.9 Å². The van der Waals surface area contributed by atoms with E-state index < -0.39 is 5.41 Å². The number of hydrogen-bond donors (Lipinski definition) is 0. The van der Waals surface area contributed by atoms with Gasteiger partial charge in [-0.15, -0.1) is 0 Å². The highest BCUT2D eigenvalue weighted by molar-refractivity contribution is 6.09. The highest BCUT2D eigenvalue weighted by Crippen LogP contribution is 2.53. The summed E-state index contributed by atoms with van der Waals surface area (Å²) in [6.45, 7) is 21.9. The highest BCUT2D eigenvalue weighted by Gasteiger charge is 2.38. The Bertz CT molecular complexity index is 3920. The van der Waals surface area contributed by atoms with Crippen molar-refractivity contribution in [3.63, 3.8) is 0 Å². The lowest BCUT2D eigenvalue weighted by Crippen LogP contribution is -2.33. The summed E-state index contributed by atoms with van der Waals surface area (Å²) in [5, 5.41) is 1.05. The molecule has 346 valence electrons. The molecule has 7 aromatic carbocycles. The Kier molecular flexibility index (Phi) is 8.47. The van der Waals surface area contributed by atoms with Crippen molar-refractivity contribution in [2.24, 2.45) is 0 Å². The van der Waals surface area contributed by atoms with E-state index in [4.69, 9.17) is 17.9 Å². The number of ether oxygens (including phenoxy) is 1. The van der Waals surface area contributed by atoms with E-state index in [2.05, 4.69) is 94.7 Å². The molecule has 1 aliphatic heterocycles. The van der Waals surface area contributed by atoms with Crippen molar-refractivity contribution in [1.82, 2.24) is 9.55 Å². The van der Waals surface area contributed by atoms with Crippen molar-refractivity contribution in [3.8, 4) is 39.6 Å². The van der Waals surface area contributed by atoms with Gasteiger partial charge in [0, 0.05) is 45.9 Å². The highest BCUT2D eigenvalue weighted by atomic mass is 16.5. The Morgan fingerprint density at radius 1 is 0.565 bits per heavy atom. The zero-order valence-electron chi connectivity index (χ0n) is 49.4. The first-order valence-corrected chi connectivity index (χ1v) is 24.1. The number of anilines is 4. The van der Waals surface area contributed by atoms with Gasteiger partial charge in [-0.3, -0.25) is 4.57 Å². The first kappa shape index (κ1) is 36.0. The predicted molar refractivity (Wildman–Crippen MR) is 291 cm³/mol. The molecule has 0 bridgehead atoms. The molecule has 0 saturated carbocycles. The van der Waals surface area contributed by atoms with Crippen molar-refractivity contribution in [2.75, 3.05) is 16.5 Å². The number of para-hydroxylation sites is 4. The standard InChI is InChI=1S/C64H64N4O/c1-61(2,3)44-19-15-18-42(36-44)49-23-17-24-50(43-28-31-53-54(37-43)64(9,10)34-33-63(53,7)8)60(49)67-41-66(56-26-13-14-27-57(56)67)46-20-16-21-47(39-46)69-48-29-30-52-51-22-11-12-25-55(51)68(58(52)40-48)59-38-45(32-35-65-59)62(4,5)6/h11-32,35-40H,33-34,41H2,1-10H3/i11D,12D,15D,18D,19D,22D,25D,36D. The average molecular weight is 913 g/mol. The number of hydrogen-bond acceptors (Lipinski definition) is 4. The number of rotatable bonds is 7. The van der Waals surface area contributed by atoms with Crippen molar-refractivity contribution in [3.05, 3.63) is 192 Å². The molecule has 0 N–H and O–H groups in total. The van der Waals surface area contributed by atoms with Gasteiger partial charge in [0.1, 0.15) is 24.0 Å². The lowest BCUT2D eigenvalue weighted by Gasteiger charge is -2.42. The van der Waals surface area contributed by atoms with Crippen molar-refractivity contribution in [1.29, 1.82) is 0 Å². The van der Waals surface area contributed by atoms with Gasteiger partial charge in [-0.2, -0.15) is 0 Å². The minimum atomic E-state index is -0.639. The minimum absolute atomic E-state index is 0.00808. The summed E-state index contributed by atoms with van der Waals surface area (Å²) in [5.74, 6) is 1.59. The second-order valence-corrected chi connectivity index (χ2v) is 22.2. The van der Waals surface area contributed by atoms with Gasteiger partial charge in [0.2, 0.25) is 0 Å². The third-order valence-electron chi connectivity index (χ3n) is 14.4. The summed E-state index contributed by atoms with van der Waals surface area (Å²) in [4.78, 5) is 9.25. The van der Waals surface area contributed by atoms with Crippen LogP contribution in [0.2, 0.25) is 0 Å². The predicted octanol–water partition coefficient (Wildman–Crippen LogP) is 17.5. The second kappa shape index (κ2) is 16.3. The van der Waals surface area contributed by atoms with E-state index in [9.17, 15) is 2.74 Å². The fourth-order valence-corrected chi connectivity index (χ4v) is 10.4. The Balaban J connectivity index is 1.05. The second-order valence-electron chi connectivity index (χ2n) is 22.2. The van der Waals surface area contributed by atoms with Crippen molar-refractivity contribution in [2.45, 2.75) is 104 Å². The number of nitrogens with zero attached hydrogens (tertiary/aromatic N) is 4. The number of fused-ring (bicyclic) bond motifs is 5. The molecule has 5 nitrogen and oxygen atoms in total. The maximum absolute atomic E-state index is 9.81. The maximum Gasteiger partial charge on any atom is 0.137 e. The third kappa shape index (κ3) is 7.86. The Labute approximate surface area is 420 Å². The molecule has 69 heavy (non-hydrogen) atoms. The summed E-state index contributed by atoms with van der Waals surface area (Å²) < 4.78 is 81.5. The molecule has 0 atom stereocenters. The van der Waals surface area contributed by atoms with Gasteiger partial charge in [-0.25, -0.2) is 4.98 Å². The maximum atomic E-state index is 9.81. The Morgan fingerprint density at radius 3 is 2.03 bits per heavy atom. The first-order chi connectivity index (χ1) is 36.3. The van der Waals surface area contributed by atoms with Crippen LogP contribution in [0.5, 0.6) is 11.5 Å². The fraction of sp³-hybridized carbons (Fsp3) is 0.266. The van der Waals surface area contributed by atoms with Gasteiger partial charge >= 0.3 is 0 Å². The van der Waals surface area contributed by atoms with Gasteiger partial charge in [0.15, 0.2) is 0 Å². The SMILES string of the molecule is [2H]c1c([2H])c(-c2cccc(-c3ccc4c(c3)C(C)(C)CCC4(C)C)c2N2CN(c3cccc(Oc4ccc5c6c([2H])c([2H])c([2H])c([2H])c6n(-c6cc(C(C)(C)C)ccn6)c5c4)c3)c3ccccc32)c([2H])c(C(C)(C)C)c1[2H]. The molecule has 2 aliphatic rings. The first-order valence-electron chi connectivity index (χ1n) is 28.1. The van der Waals surface area contributed by atoms with Crippen molar-refractivity contribution >= 4 is 44.6 Å². The van der Waals surface area contributed by atoms with Crippen LogP contribution >= 0.6 is 0 Å². The van der Waals surface area contributed by atoms with E-state index in [0.29, 0.717) is 62.5 Å². The fourth-order valence-electron chi connectivity index (χ4n) is 10.4. The molecule has 0 fully saturated rings. The largest absolute Gasteiger partial charge is 0.457 e. The van der Waals surface area contributed by atoms with E-state index in [-0.39, 0.29) is 64.6 Å². The summed E-state index contributed by atoms with van der Waals surface area (Å²) in [6.07, 6.45) is 3.88. The molecule has 5 heteroatoms. The van der Waals surface area contributed by atoms with E-state index >= 15 is 0 Å². The topological polar surface area (TPSA) is 33.5 Å². The summed E-state index contributed by atoms with van der Waals surface area (Å²) in [5.41, 5.74) is 10.6. The van der Waals surface area contributed by atoms with Gasteiger partial charge in [-0.05, 0) is 122 Å². The molecule has 0 saturated heterocycles. The molecule has 0 amide bonds. The molecule has 0 spiro atoms. The summed E-state index contributed by atoms with van der Waals surface area (Å²) >= 11 is 0. The van der Waals surface area contributed by atoms with E-state index in [1.807, 2.05) is 104 Å². The molecule has 3 heterocycles. The van der Waals surface area contributed by atoms with Crippen LogP contribution in [0.4, 0.5) is 22.7 Å². The molecule has 1 aliphatic carbocycles. The smallest absolute Gasteiger partial charge is 0.137 e. The zero-order chi connectivity index (χ0) is 55.0. The van der Waals surface area contributed by atoms with E-state index in [0.717, 1.165) is 52.3 Å². The van der Waals surface area contributed by atoms with Crippen LogP contribution in [0.15, 0.2) is 170 Å². The molecular weight excluding hydrogens is 841 g/mol. The van der Waals surface area contributed by atoms with Crippen LogP contribution in [0, 0.1) is 0 Å². The van der Waals surface area contributed by atoms with Crippen LogP contribution in [0.3, 0.4) is 0 Å². The monoisotopic (exact) mass is 913 g/mol. The average Bonchev–Trinajstić information content (AvgIpc) is 4.15. The van der Waals surface area contributed by atoms with Crippen molar-refractivity contribution < 1.29 is 15.7 Å². The third-order valence-corrected chi connectivity index (χ3v) is 14.4. The Hall–Kier alpha value is -7.11. The van der Waals surface area contributed by atoms with E-state index in [1.165, 1.54) is 11.1 Å². The van der Waals surface area contributed by atoms with Gasteiger partial charge in [-0.1, -0.05) is 166 Å². The lowest BCUT2D eigenvalue weighted by molar-refractivity contribution is 0.332.